The van der Waals surface area contributed by atoms with E-state index in [0.29, 0.717) is 11.3 Å². The highest BCUT2D eigenvalue weighted by atomic mass is 16.3. The highest BCUT2D eigenvalue weighted by Gasteiger charge is 2.53. The molecule has 0 aromatic rings. The van der Waals surface area contributed by atoms with Crippen LogP contribution in [0.15, 0.2) is 0 Å². The van der Waals surface area contributed by atoms with Gasteiger partial charge in [-0.05, 0) is 62.2 Å². The molecule has 1 N–H and O–H groups in total. The van der Waals surface area contributed by atoms with Crippen molar-refractivity contribution in [3.8, 4) is 0 Å². The molecule has 1 heteroatoms. The zero-order valence-corrected chi connectivity index (χ0v) is 9.26. The highest BCUT2D eigenvalue weighted by molar-refractivity contribution is 5.04. The van der Waals surface area contributed by atoms with Crippen LogP contribution in [0.4, 0.5) is 0 Å². The molecule has 3 fully saturated rings. The Morgan fingerprint density at radius 2 is 1.93 bits per heavy atom. The first-order valence-corrected chi connectivity index (χ1v) is 6.34. The van der Waals surface area contributed by atoms with Gasteiger partial charge >= 0.3 is 0 Å². The normalized spacial score (nSPS) is 57.0. The summed E-state index contributed by atoms with van der Waals surface area (Å²) in [5, 5.41) is 10.7. The van der Waals surface area contributed by atoms with E-state index in [0.717, 1.165) is 18.8 Å². The van der Waals surface area contributed by atoms with Gasteiger partial charge in [0.05, 0.1) is 5.60 Å². The molecule has 3 saturated carbocycles. The maximum atomic E-state index is 10.7. The molecule has 0 unspecified atom stereocenters. The molecule has 0 spiro atoms. The number of fused-ring (bicyclic) bond motifs is 4. The van der Waals surface area contributed by atoms with Crippen molar-refractivity contribution in [2.24, 2.45) is 17.3 Å². The van der Waals surface area contributed by atoms with E-state index >= 15 is 0 Å². The van der Waals surface area contributed by atoms with Crippen LogP contribution in [0.3, 0.4) is 0 Å². The average Bonchev–Trinajstić information content (AvgIpc) is 2.03. The fraction of sp³-hybridized carbons (Fsp3) is 1.00. The summed E-state index contributed by atoms with van der Waals surface area (Å²) in [6.45, 7) is 2.40. The molecule has 3 rings (SSSR count). The predicted molar refractivity (Wildman–Crippen MR) is 57.0 cm³/mol. The SMILES string of the molecule is C[C@@]12CCC[C@@](O)(C1)[C@@H]1CC[C@@H]1CC2. The first-order chi connectivity index (χ1) is 6.61. The van der Waals surface area contributed by atoms with Gasteiger partial charge < -0.3 is 5.11 Å². The maximum Gasteiger partial charge on any atom is 0.0683 e. The molecule has 0 aromatic carbocycles. The Labute approximate surface area is 86.9 Å². The summed E-state index contributed by atoms with van der Waals surface area (Å²) in [7, 11) is 0. The van der Waals surface area contributed by atoms with E-state index in [-0.39, 0.29) is 5.60 Å². The third kappa shape index (κ3) is 1.18. The molecule has 0 aliphatic heterocycles. The molecule has 0 aromatic heterocycles. The van der Waals surface area contributed by atoms with Gasteiger partial charge in [-0.3, -0.25) is 0 Å². The smallest absolute Gasteiger partial charge is 0.0683 e. The standard InChI is InChI=1S/C13H22O/c1-12-6-2-7-13(14,9-12)11-4-3-10(11)5-8-12/h10-11,14H,2-9H2,1H3/t10-,11-,12+,13-/m1/s1. The van der Waals surface area contributed by atoms with Crippen LogP contribution in [0, 0.1) is 17.3 Å². The number of rotatable bonds is 0. The summed E-state index contributed by atoms with van der Waals surface area (Å²) >= 11 is 0. The third-order valence-electron chi connectivity index (χ3n) is 5.35. The minimum absolute atomic E-state index is 0.258. The van der Waals surface area contributed by atoms with E-state index in [1.807, 2.05) is 0 Å². The van der Waals surface area contributed by atoms with Crippen molar-refractivity contribution in [3.05, 3.63) is 0 Å². The lowest BCUT2D eigenvalue weighted by atomic mass is 9.59. The highest BCUT2D eigenvalue weighted by Crippen LogP contribution is 2.58. The zero-order chi connectivity index (χ0) is 9.81. The fourth-order valence-corrected chi connectivity index (χ4v) is 4.42. The van der Waals surface area contributed by atoms with Crippen LogP contribution in [0.1, 0.15) is 58.3 Å². The van der Waals surface area contributed by atoms with Crippen molar-refractivity contribution >= 4 is 0 Å². The molecule has 0 amide bonds. The fourth-order valence-electron chi connectivity index (χ4n) is 4.42. The summed E-state index contributed by atoms with van der Waals surface area (Å²) in [6.07, 6.45) is 10.3. The predicted octanol–water partition coefficient (Wildman–Crippen LogP) is 3.12. The van der Waals surface area contributed by atoms with Gasteiger partial charge in [-0.1, -0.05) is 13.3 Å². The maximum absolute atomic E-state index is 10.7. The second-order valence-electron chi connectivity index (χ2n) is 6.43. The van der Waals surface area contributed by atoms with Gasteiger partial charge in [0.2, 0.25) is 0 Å². The Hall–Kier alpha value is -0.0400. The van der Waals surface area contributed by atoms with E-state index in [1.165, 1.54) is 38.5 Å². The Morgan fingerprint density at radius 1 is 1.07 bits per heavy atom. The van der Waals surface area contributed by atoms with Crippen molar-refractivity contribution in [1.82, 2.24) is 0 Å². The zero-order valence-electron chi connectivity index (χ0n) is 9.26. The minimum Gasteiger partial charge on any atom is -0.390 e. The van der Waals surface area contributed by atoms with Gasteiger partial charge in [0.25, 0.3) is 0 Å². The minimum atomic E-state index is -0.258. The molecule has 1 nitrogen and oxygen atoms in total. The summed E-state index contributed by atoms with van der Waals surface area (Å²) < 4.78 is 0. The van der Waals surface area contributed by atoms with Crippen LogP contribution >= 0.6 is 0 Å². The Morgan fingerprint density at radius 3 is 2.64 bits per heavy atom. The lowest BCUT2D eigenvalue weighted by molar-refractivity contribution is -0.115. The van der Waals surface area contributed by atoms with E-state index in [2.05, 4.69) is 6.92 Å². The van der Waals surface area contributed by atoms with Gasteiger partial charge in [-0.15, -0.1) is 0 Å². The molecule has 0 saturated heterocycles. The monoisotopic (exact) mass is 194 g/mol. The molecule has 2 bridgehead atoms. The first kappa shape index (κ1) is 9.21. The number of hydrogen-bond donors (Lipinski definition) is 1. The molecule has 0 radical (unpaired) electrons. The van der Waals surface area contributed by atoms with Gasteiger partial charge in [-0.25, -0.2) is 0 Å². The van der Waals surface area contributed by atoms with Crippen LogP contribution in [-0.2, 0) is 0 Å². The Kier molecular flexibility index (Phi) is 1.81. The lowest BCUT2D eigenvalue weighted by Crippen LogP contribution is -2.49. The van der Waals surface area contributed by atoms with Crippen LogP contribution in [0.25, 0.3) is 0 Å². The van der Waals surface area contributed by atoms with Crippen LogP contribution < -0.4 is 0 Å². The number of hydrogen-bond acceptors (Lipinski definition) is 1. The summed E-state index contributed by atoms with van der Waals surface area (Å²) in [5.41, 5.74) is 0.219. The van der Waals surface area contributed by atoms with Crippen LogP contribution in [0.2, 0.25) is 0 Å². The molecule has 80 valence electrons. The summed E-state index contributed by atoms with van der Waals surface area (Å²) in [4.78, 5) is 0. The largest absolute Gasteiger partial charge is 0.390 e. The van der Waals surface area contributed by atoms with Crippen LogP contribution in [-0.4, -0.2) is 10.7 Å². The second kappa shape index (κ2) is 2.75. The molecular weight excluding hydrogens is 172 g/mol. The molecule has 3 aliphatic rings. The van der Waals surface area contributed by atoms with Crippen molar-refractivity contribution in [3.63, 3.8) is 0 Å². The summed E-state index contributed by atoms with van der Waals surface area (Å²) in [5.74, 6) is 1.55. The quantitative estimate of drug-likeness (QED) is 0.628. The average molecular weight is 194 g/mol. The Bertz CT molecular complexity index is 250. The van der Waals surface area contributed by atoms with Gasteiger partial charge in [-0.2, -0.15) is 0 Å². The van der Waals surface area contributed by atoms with E-state index in [1.54, 1.807) is 0 Å². The first-order valence-electron chi connectivity index (χ1n) is 6.34. The topological polar surface area (TPSA) is 20.2 Å². The van der Waals surface area contributed by atoms with Crippen molar-refractivity contribution in [2.45, 2.75) is 63.9 Å². The van der Waals surface area contributed by atoms with E-state index < -0.39 is 0 Å². The van der Waals surface area contributed by atoms with Gasteiger partial charge in [0.15, 0.2) is 0 Å². The Balaban J connectivity index is 1.92. The summed E-state index contributed by atoms with van der Waals surface area (Å²) in [6, 6.07) is 0. The van der Waals surface area contributed by atoms with Crippen LogP contribution in [0.5, 0.6) is 0 Å². The second-order valence-corrected chi connectivity index (χ2v) is 6.43. The van der Waals surface area contributed by atoms with E-state index in [9.17, 15) is 5.11 Å². The van der Waals surface area contributed by atoms with Crippen molar-refractivity contribution in [2.75, 3.05) is 0 Å². The molecule has 0 heterocycles. The molecule has 3 aliphatic carbocycles. The molecule has 14 heavy (non-hydrogen) atoms. The van der Waals surface area contributed by atoms with Crippen molar-refractivity contribution in [1.29, 1.82) is 0 Å². The van der Waals surface area contributed by atoms with E-state index in [4.69, 9.17) is 0 Å². The van der Waals surface area contributed by atoms with Crippen molar-refractivity contribution < 1.29 is 5.11 Å². The third-order valence-corrected chi connectivity index (χ3v) is 5.35. The van der Waals surface area contributed by atoms with Gasteiger partial charge in [0, 0.05) is 0 Å². The number of aliphatic hydroxyl groups is 1. The van der Waals surface area contributed by atoms with Gasteiger partial charge in [0.1, 0.15) is 0 Å². The lowest BCUT2D eigenvalue weighted by Gasteiger charge is -2.49. The molecular formula is C13H22O. The molecule has 4 atom stereocenters.